The van der Waals surface area contributed by atoms with Gasteiger partial charge in [-0.1, -0.05) is 0 Å². The number of aliphatic hydroxyl groups is 5. The molecule has 13 heteroatoms. The van der Waals surface area contributed by atoms with Gasteiger partial charge in [-0.15, -0.1) is 0 Å². The molecule has 0 saturated heterocycles. The number of amides is 2. The number of anilines is 1. The molecule has 1 aromatic carbocycles. The zero-order chi connectivity index (χ0) is 23.0. The van der Waals surface area contributed by atoms with E-state index in [1.54, 1.807) is 0 Å². The maximum absolute atomic E-state index is 12.9. The molecule has 0 heterocycles. The van der Waals surface area contributed by atoms with Crippen molar-refractivity contribution in [3.63, 3.8) is 0 Å². The first-order valence-electron chi connectivity index (χ1n) is 8.78. The van der Waals surface area contributed by atoms with Crippen molar-refractivity contribution < 1.29 is 35.1 Å². The van der Waals surface area contributed by atoms with Crippen molar-refractivity contribution >= 4 is 85.3 Å². The summed E-state index contributed by atoms with van der Waals surface area (Å²) in [6, 6.07) is -1.43. The molecule has 1 aromatic rings. The van der Waals surface area contributed by atoms with E-state index >= 15 is 0 Å². The Hall–Kier alpha value is 0.110. The van der Waals surface area contributed by atoms with Crippen LogP contribution in [0.5, 0.6) is 0 Å². The third-order valence-corrected chi connectivity index (χ3v) is 7.51. The summed E-state index contributed by atoms with van der Waals surface area (Å²) < 4.78 is 1.60. The maximum atomic E-state index is 12.9. The number of hydrogen-bond acceptors (Lipinski definition) is 8. The minimum Gasteiger partial charge on any atom is -0.395 e. The molecule has 170 valence electrons. The predicted molar refractivity (Wildman–Crippen MR) is 135 cm³/mol. The molecule has 0 aromatic heterocycles. The van der Waals surface area contributed by atoms with Crippen LogP contribution >= 0.6 is 67.8 Å². The number of hydrogen-bond donors (Lipinski definition) is 8. The van der Waals surface area contributed by atoms with Crippen LogP contribution in [0.3, 0.4) is 0 Å². The van der Waals surface area contributed by atoms with Crippen molar-refractivity contribution in [1.29, 1.82) is 0 Å². The van der Waals surface area contributed by atoms with Crippen LogP contribution in [-0.2, 0) is 11.3 Å². The lowest BCUT2D eigenvalue weighted by atomic mass is 10.1. The molecule has 0 aliphatic rings. The van der Waals surface area contributed by atoms with Gasteiger partial charge in [0.2, 0.25) is 0 Å². The standard InChI is InChI=1S/C17H24I3N3O7/c1-7(28)16(29)23-15-13(19)10(2-21-8(3-24)4-25)12(18)11(14(15)20)17(30)22-9(5-26)6-27/h7-9,21,24-28H,2-6H2,1H3,(H,22,30)(H,23,29)/t7-/m0/s1. The van der Waals surface area contributed by atoms with Gasteiger partial charge in [0.25, 0.3) is 11.8 Å². The number of halogens is 3. The quantitative estimate of drug-likeness (QED) is 0.138. The Morgan fingerprint density at radius 2 is 1.43 bits per heavy atom. The van der Waals surface area contributed by atoms with Crippen molar-refractivity contribution in [2.45, 2.75) is 31.7 Å². The summed E-state index contributed by atoms with van der Waals surface area (Å²) in [7, 11) is 0. The van der Waals surface area contributed by atoms with Gasteiger partial charge in [0, 0.05) is 13.7 Å². The molecule has 0 bridgehead atoms. The number of rotatable bonds is 11. The van der Waals surface area contributed by atoms with Gasteiger partial charge < -0.3 is 41.5 Å². The lowest BCUT2D eigenvalue weighted by Gasteiger charge is -2.23. The predicted octanol–water partition coefficient (Wildman–Crippen LogP) is -0.655. The van der Waals surface area contributed by atoms with Gasteiger partial charge in [0.1, 0.15) is 6.10 Å². The van der Waals surface area contributed by atoms with Gasteiger partial charge >= 0.3 is 0 Å². The van der Waals surface area contributed by atoms with E-state index in [9.17, 15) is 35.1 Å². The zero-order valence-electron chi connectivity index (χ0n) is 16.0. The maximum Gasteiger partial charge on any atom is 0.253 e. The molecule has 0 aliphatic heterocycles. The molecule has 0 aliphatic carbocycles. The smallest absolute Gasteiger partial charge is 0.253 e. The van der Waals surface area contributed by atoms with Crippen LogP contribution in [0.1, 0.15) is 22.8 Å². The van der Waals surface area contributed by atoms with Gasteiger partial charge in [0.15, 0.2) is 0 Å². The van der Waals surface area contributed by atoms with Crippen LogP contribution in [-0.4, -0.2) is 82.0 Å². The fraction of sp³-hybridized carbons (Fsp3) is 0.529. The summed E-state index contributed by atoms with van der Waals surface area (Å²) in [6.45, 7) is 0.0187. The minimum absolute atomic E-state index is 0.181. The highest BCUT2D eigenvalue weighted by Crippen LogP contribution is 2.36. The fourth-order valence-corrected chi connectivity index (χ4v) is 6.55. The Kier molecular flexibility index (Phi) is 12.8. The lowest BCUT2D eigenvalue weighted by molar-refractivity contribution is -0.123. The van der Waals surface area contributed by atoms with Gasteiger partial charge in [-0.25, -0.2) is 0 Å². The van der Waals surface area contributed by atoms with Crippen LogP contribution in [0.4, 0.5) is 5.69 Å². The van der Waals surface area contributed by atoms with E-state index in [2.05, 4.69) is 16.0 Å². The summed E-state index contributed by atoms with van der Waals surface area (Å²) in [6.07, 6.45) is -1.27. The molecule has 0 fully saturated rings. The van der Waals surface area contributed by atoms with Gasteiger partial charge in [0.05, 0.1) is 53.3 Å². The molecule has 0 radical (unpaired) electrons. The molecule has 1 rings (SSSR count). The van der Waals surface area contributed by atoms with Crippen LogP contribution in [0, 0.1) is 10.7 Å². The summed E-state index contributed by atoms with van der Waals surface area (Å²) in [4.78, 5) is 25.0. The number of benzene rings is 1. The van der Waals surface area contributed by atoms with Gasteiger partial charge in [-0.05, 0) is 80.3 Å². The first kappa shape index (κ1) is 28.1. The van der Waals surface area contributed by atoms with E-state index in [1.165, 1.54) is 6.92 Å². The third kappa shape index (κ3) is 7.32. The zero-order valence-corrected chi connectivity index (χ0v) is 22.4. The molecule has 0 unspecified atom stereocenters. The van der Waals surface area contributed by atoms with Crippen LogP contribution < -0.4 is 16.0 Å². The lowest BCUT2D eigenvalue weighted by Crippen LogP contribution is -2.41. The highest BCUT2D eigenvalue weighted by molar-refractivity contribution is 14.1. The van der Waals surface area contributed by atoms with Gasteiger partial charge in [-0.3, -0.25) is 9.59 Å². The van der Waals surface area contributed by atoms with Gasteiger partial charge in [-0.2, -0.15) is 0 Å². The fourth-order valence-electron chi connectivity index (χ4n) is 2.25. The molecular formula is C17H24I3N3O7. The summed E-state index contributed by atoms with van der Waals surface area (Å²) in [5.41, 5.74) is 1.20. The highest BCUT2D eigenvalue weighted by Gasteiger charge is 2.27. The largest absolute Gasteiger partial charge is 0.395 e. The summed E-state index contributed by atoms with van der Waals surface area (Å²) in [5.74, 6) is -1.20. The monoisotopic (exact) mass is 763 g/mol. The molecule has 10 nitrogen and oxygen atoms in total. The van der Waals surface area contributed by atoms with E-state index in [1.807, 2.05) is 67.8 Å². The summed E-state index contributed by atoms with van der Waals surface area (Å²) in [5, 5.41) is 54.8. The first-order chi connectivity index (χ1) is 14.1. The Labute approximate surface area is 214 Å². The second-order valence-corrected chi connectivity index (χ2v) is 9.55. The van der Waals surface area contributed by atoms with E-state index < -0.39 is 43.2 Å². The van der Waals surface area contributed by atoms with E-state index in [0.717, 1.165) is 0 Å². The number of nitrogens with one attached hydrogen (secondary N) is 3. The van der Waals surface area contributed by atoms with Crippen molar-refractivity contribution in [1.82, 2.24) is 10.6 Å². The van der Waals surface area contributed by atoms with E-state index in [4.69, 9.17) is 0 Å². The number of carbonyl (C=O) groups is 2. The Morgan fingerprint density at radius 1 is 0.900 bits per heavy atom. The van der Waals surface area contributed by atoms with Crippen LogP contribution in [0.2, 0.25) is 0 Å². The van der Waals surface area contributed by atoms with Crippen molar-refractivity contribution in [2.24, 2.45) is 0 Å². The summed E-state index contributed by atoms with van der Waals surface area (Å²) >= 11 is 5.92. The third-order valence-electron chi connectivity index (χ3n) is 4.05. The van der Waals surface area contributed by atoms with Crippen LogP contribution in [0.15, 0.2) is 0 Å². The van der Waals surface area contributed by atoms with Crippen molar-refractivity contribution in [3.05, 3.63) is 21.8 Å². The second-order valence-electron chi connectivity index (χ2n) is 6.31. The molecule has 0 spiro atoms. The molecule has 8 N–H and O–H groups in total. The average Bonchev–Trinajstić information content (AvgIpc) is 2.71. The Bertz CT molecular complexity index is 757. The highest BCUT2D eigenvalue weighted by atomic mass is 127. The molecule has 1 atom stereocenters. The number of carbonyl (C=O) groups excluding carboxylic acids is 2. The number of aliphatic hydroxyl groups excluding tert-OH is 5. The van der Waals surface area contributed by atoms with Crippen molar-refractivity contribution in [3.8, 4) is 0 Å². The Balaban J connectivity index is 3.51. The average molecular weight is 763 g/mol. The minimum atomic E-state index is -1.27. The SMILES string of the molecule is C[C@H](O)C(=O)Nc1c(I)c(CNC(CO)CO)c(I)c(C(=O)NC(CO)CO)c1I. The molecule has 0 saturated carbocycles. The topological polar surface area (TPSA) is 171 Å². The normalized spacial score (nSPS) is 12.4. The molecular weight excluding hydrogens is 739 g/mol. The second kappa shape index (κ2) is 13.6. The van der Waals surface area contributed by atoms with Crippen LogP contribution in [0.25, 0.3) is 0 Å². The molecule has 2 amide bonds. The molecule has 30 heavy (non-hydrogen) atoms. The first-order valence-corrected chi connectivity index (χ1v) is 12.0. The Morgan fingerprint density at radius 3 is 1.90 bits per heavy atom. The van der Waals surface area contributed by atoms with E-state index in [0.29, 0.717) is 22.0 Å². The van der Waals surface area contributed by atoms with Crippen molar-refractivity contribution in [2.75, 3.05) is 31.7 Å². The van der Waals surface area contributed by atoms with E-state index in [-0.39, 0.29) is 25.3 Å².